The normalized spacial score (nSPS) is 10.2. The van der Waals surface area contributed by atoms with Gasteiger partial charge in [-0.15, -0.1) is 0 Å². The summed E-state index contributed by atoms with van der Waals surface area (Å²) < 4.78 is 1.02. The minimum absolute atomic E-state index is 0.105. The summed E-state index contributed by atoms with van der Waals surface area (Å²) in [6.07, 6.45) is 0. The third kappa shape index (κ3) is 4.25. The SMILES string of the molecule is Cc1cc(NC(=O)CNc2cccc(Cl)c2)ccc1Br. The molecule has 0 radical (unpaired) electrons. The number of benzene rings is 2. The molecule has 0 bridgehead atoms. The van der Waals surface area contributed by atoms with Crippen LogP contribution >= 0.6 is 27.5 Å². The fourth-order valence-electron chi connectivity index (χ4n) is 1.71. The molecule has 0 fully saturated rings. The second kappa shape index (κ2) is 6.77. The van der Waals surface area contributed by atoms with Crippen LogP contribution in [0.15, 0.2) is 46.9 Å². The van der Waals surface area contributed by atoms with Crippen molar-refractivity contribution in [1.29, 1.82) is 0 Å². The number of hydrogen-bond donors (Lipinski definition) is 2. The highest BCUT2D eigenvalue weighted by molar-refractivity contribution is 9.10. The zero-order valence-electron chi connectivity index (χ0n) is 10.9. The highest BCUT2D eigenvalue weighted by atomic mass is 79.9. The number of aryl methyl sites for hydroxylation is 1. The minimum Gasteiger partial charge on any atom is -0.376 e. The second-order valence-corrected chi connectivity index (χ2v) is 5.67. The Bertz CT molecular complexity index is 631. The second-order valence-electron chi connectivity index (χ2n) is 4.38. The van der Waals surface area contributed by atoms with Crippen molar-refractivity contribution in [3.8, 4) is 0 Å². The maximum Gasteiger partial charge on any atom is 0.243 e. The van der Waals surface area contributed by atoms with Gasteiger partial charge in [0.05, 0.1) is 6.54 Å². The predicted octanol–water partition coefficient (Wildman–Crippen LogP) is 4.46. The number of rotatable bonds is 4. The van der Waals surface area contributed by atoms with Crippen LogP contribution in [-0.2, 0) is 4.79 Å². The predicted molar refractivity (Wildman–Crippen MR) is 87.5 cm³/mol. The van der Waals surface area contributed by atoms with E-state index in [-0.39, 0.29) is 12.5 Å². The van der Waals surface area contributed by atoms with Crippen LogP contribution in [0.5, 0.6) is 0 Å². The van der Waals surface area contributed by atoms with E-state index in [9.17, 15) is 4.79 Å². The standard InChI is InChI=1S/C15H14BrClN2O/c1-10-7-13(5-6-14(10)16)19-15(20)9-18-12-4-2-3-11(17)8-12/h2-8,18H,9H2,1H3,(H,19,20). The van der Waals surface area contributed by atoms with E-state index >= 15 is 0 Å². The van der Waals surface area contributed by atoms with Gasteiger partial charge in [0.25, 0.3) is 0 Å². The Hall–Kier alpha value is -1.52. The van der Waals surface area contributed by atoms with Crippen LogP contribution in [0.1, 0.15) is 5.56 Å². The molecule has 5 heteroatoms. The Morgan fingerprint density at radius 2 is 2.00 bits per heavy atom. The number of halogens is 2. The molecular formula is C15H14BrClN2O. The Kier molecular flexibility index (Phi) is 5.04. The zero-order valence-corrected chi connectivity index (χ0v) is 13.3. The van der Waals surface area contributed by atoms with Gasteiger partial charge in [-0.25, -0.2) is 0 Å². The molecule has 0 aliphatic carbocycles. The molecule has 2 aromatic carbocycles. The third-order valence-electron chi connectivity index (χ3n) is 2.72. The van der Waals surface area contributed by atoms with E-state index in [4.69, 9.17) is 11.6 Å². The van der Waals surface area contributed by atoms with E-state index in [0.29, 0.717) is 5.02 Å². The van der Waals surface area contributed by atoms with Gasteiger partial charge < -0.3 is 10.6 Å². The highest BCUT2D eigenvalue weighted by Gasteiger charge is 2.04. The molecule has 0 aliphatic heterocycles. The van der Waals surface area contributed by atoms with Gasteiger partial charge in [-0.1, -0.05) is 33.6 Å². The number of carbonyl (C=O) groups is 1. The first-order valence-electron chi connectivity index (χ1n) is 6.10. The van der Waals surface area contributed by atoms with Crippen molar-refractivity contribution < 1.29 is 4.79 Å². The number of hydrogen-bond acceptors (Lipinski definition) is 2. The zero-order chi connectivity index (χ0) is 14.5. The topological polar surface area (TPSA) is 41.1 Å². The first-order chi connectivity index (χ1) is 9.54. The third-order valence-corrected chi connectivity index (χ3v) is 3.84. The lowest BCUT2D eigenvalue weighted by atomic mass is 10.2. The van der Waals surface area contributed by atoms with Gasteiger partial charge in [0.15, 0.2) is 0 Å². The van der Waals surface area contributed by atoms with Gasteiger partial charge in [-0.05, 0) is 48.9 Å². The molecule has 0 spiro atoms. The summed E-state index contributed by atoms with van der Waals surface area (Å²) in [7, 11) is 0. The average Bonchev–Trinajstić information content (AvgIpc) is 2.41. The first kappa shape index (κ1) is 14.9. The van der Waals surface area contributed by atoms with E-state index in [1.807, 2.05) is 37.3 Å². The molecule has 2 N–H and O–H groups in total. The van der Waals surface area contributed by atoms with Crippen LogP contribution < -0.4 is 10.6 Å². The van der Waals surface area contributed by atoms with Crippen molar-refractivity contribution in [1.82, 2.24) is 0 Å². The van der Waals surface area contributed by atoms with Gasteiger partial charge >= 0.3 is 0 Å². The van der Waals surface area contributed by atoms with E-state index < -0.39 is 0 Å². The fourth-order valence-corrected chi connectivity index (χ4v) is 2.15. The van der Waals surface area contributed by atoms with Crippen LogP contribution in [0, 0.1) is 6.92 Å². The summed E-state index contributed by atoms with van der Waals surface area (Å²) >= 11 is 9.30. The molecule has 0 unspecified atom stereocenters. The quantitative estimate of drug-likeness (QED) is 0.852. The van der Waals surface area contributed by atoms with E-state index in [2.05, 4.69) is 26.6 Å². The number of nitrogens with one attached hydrogen (secondary N) is 2. The Morgan fingerprint density at radius 3 is 2.70 bits per heavy atom. The summed E-state index contributed by atoms with van der Waals surface area (Å²) in [6.45, 7) is 2.17. The maximum absolute atomic E-state index is 11.8. The maximum atomic E-state index is 11.8. The number of amides is 1. The Morgan fingerprint density at radius 1 is 1.20 bits per heavy atom. The molecule has 0 heterocycles. The molecule has 0 aliphatic rings. The van der Waals surface area contributed by atoms with Gasteiger partial charge in [-0.2, -0.15) is 0 Å². The van der Waals surface area contributed by atoms with Crippen molar-refractivity contribution >= 4 is 44.8 Å². The van der Waals surface area contributed by atoms with Crippen LogP contribution in [0.2, 0.25) is 5.02 Å². The van der Waals surface area contributed by atoms with Gasteiger partial charge in [0.2, 0.25) is 5.91 Å². The smallest absolute Gasteiger partial charge is 0.243 e. The van der Waals surface area contributed by atoms with Crippen LogP contribution in [-0.4, -0.2) is 12.5 Å². The van der Waals surface area contributed by atoms with Crippen molar-refractivity contribution in [2.75, 3.05) is 17.2 Å². The van der Waals surface area contributed by atoms with E-state index in [1.54, 1.807) is 12.1 Å². The minimum atomic E-state index is -0.105. The molecule has 104 valence electrons. The molecule has 3 nitrogen and oxygen atoms in total. The Balaban J connectivity index is 1.91. The van der Waals surface area contributed by atoms with Gasteiger partial charge in [0, 0.05) is 20.9 Å². The molecule has 0 saturated carbocycles. The summed E-state index contributed by atoms with van der Waals surface area (Å²) in [5.74, 6) is -0.105. The molecule has 0 atom stereocenters. The lowest BCUT2D eigenvalue weighted by molar-refractivity contribution is -0.114. The summed E-state index contributed by atoms with van der Waals surface area (Å²) in [5.41, 5.74) is 2.67. The summed E-state index contributed by atoms with van der Waals surface area (Å²) in [6, 6.07) is 12.9. The van der Waals surface area contributed by atoms with Crippen molar-refractivity contribution in [3.63, 3.8) is 0 Å². The lowest BCUT2D eigenvalue weighted by Gasteiger charge is -2.09. The van der Waals surface area contributed by atoms with Gasteiger partial charge in [0.1, 0.15) is 0 Å². The number of anilines is 2. The lowest BCUT2D eigenvalue weighted by Crippen LogP contribution is -2.21. The number of carbonyl (C=O) groups excluding carboxylic acids is 1. The average molecular weight is 354 g/mol. The highest BCUT2D eigenvalue weighted by Crippen LogP contribution is 2.20. The van der Waals surface area contributed by atoms with Crippen LogP contribution in [0.3, 0.4) is 0 Å². The molecular weight excluding hydrogens is 340 g/mol. The van der Waals surface area contributed by atoms with Gasteiger partial charge in [-0.3, -0.25) is 4.79 Å². The van der Waals surface area contributed by atoms with Crippen LogP contribution in [0.25, 0.3) is 0 Å². The van der Waals surface area contributed by atoms with Crippen molar-refractivity contribution in [2.24, 2.45) is 0 Å². The molecule has 0 saturated heterocycles. The molecule has 2 aromatic rings. The molecule has 0 aromatic heterocycles. The van der Waals surface area contributed by atoms with Crippen molar-refractivity contribution in [2.45, 2.75) is 6.92 Å². The van der Waals surface area contributed by atoms with Crippen molar-refractivity contribution in [3.05, 3.63) is 57.5 Å². The summed E-state index contributed by atoms with van der Waals surface area (Å²) in [4.78, 5) is 11.8. The van der Waals surface area contributed by atoms with Crippen LogP contribution in [0.4, 0.5) is 11.4 Å². The van der Waals surface area contributed by atoms with E-state index in [1.165, 1.54) is 0 Å². The Labute approximate surface area is 131 Å². The molecule has 20 heavy (non-hydrogen) atoms. The molecule has 2 rings (SSSR count). The first-order valence-corrected chi connectivity index (χ1v) is 7.27. The molecule has 1 amide bonds. The fraction of sp³-hybridized carbons (Fsp3) is 0.133. The largest absolute Gasteiger partial charge is 0.376 e. The van der Waals surface area contributed by atoms with E-state index in [0.717, 1.165) is 21.4 Å². The summed E-state index contributed by atoms with van der Waals surface area (Å²) in [5, 5.41) is 6.50. The monoisotopic (exact) mass is 352 g/mol.